The largest absolute Gasteiger partial charge is 0.271 e. The van der Waals surface area contributed by atoms with E-state index in [1.54, 1.807) is 18.3 Å². The van der Waals surface area contributed by atoms with Gasteiger partial charge in [0.15, 0.2) is 0 Å². The quantitative estimate of drug-likeness (QED) is 0.574. The summed E-state index contributed by atoms with van der Waals surface area (Å²) >= 11 is 6.15. The minimum absolute atomic E-state index is 0.331. The molecule has 106 valence electrons. The summed E-state index contributed by atoms with van der Waals surface area (Å²) in [6.07, 6.45) is 1.72. The van der Waals surface area contributed by atoms with E-state index in [2.05, 4.69) is 10.4 Å². The maximum absolute atomic E-state index is 14.2. The number of hydrogen-bond acceptors (Lipinski definition) is 3. The maximum Gasteiger partial charge on any atom is 0.129 e. The molecule has 0 radical (unpaired) electrons. The third-order valence-electron chi connectivity index (χ3n) is 3.45. The Balaban J connectivity index is 2.24. The molecule has 0 aliphatic heterocycles. The van der Waals surface area contributed by atoms with E-state index in [1.807, 2.05) is 30.3 Å². The highest BCUT2D eigenvalue weighted by atomic mass is 35.5. The first kappa shape index (κ1) is 13.9. The highest BCUT2D eigenvalue weighted by molar-refractivity contribution is 6.31. The van der Waals surface area contributed by atoms with Gasteiger partial charge in [0.05, 0.1) is 11.6 Å². The summed E-state index contributed by atoms with van der Waals surface area (Å²) in [6.45, 7) is 0. The second-order valence-corrected chi connectivity index (χ2v) is 5.06. The van der Waals surface area contributed by atoms with Crippen LogP contribution in [0.2, 0.25) is 5.02 Å². The molecule has 1 unspecified atom stereocenters. The van der Waals surface area contributed by atoms with Crippen molar-refractivity contribution in [2.75, 3.05) is 0 Å². The number of rotatable bonds is 3. The average Bonchev–Trinajstić information content (AvgIpc) is 2.51. The molecule has 3 nitrogen and oxygen atoms in total. The van der Waals surface area contributed by atoms with Crippen molar-refractivity contribution in [2.45, 2.75) is 6.04 Å². The third kappa shape index (κ3) is 2.49. The molecule has 0 aliphatic carbocycles. The summed E-state index contributed by atoms with van der Waals surface area (Å²) in [4.78, 5) is 4.30. The van der Waals surface area contributed by atoms with Gasteiger partial charge in [-0.25, -0.2) is 9.82 Å². The number of benzene rings is 2. The van der Waals surface area contributed by atoms with E-state index in [4.69, 9.17) is 17.4 Å². The first-order valence-corrected chi connectivity index (χ1v) is 6.84. The fourth-order valence-electron chi connectivity index (χ4n) is 2.49. The molecule has 0 saturated heterocycles. The van der Waals surface area contributed by atoms with Gasteiger partial charge in [-0.2, -0.15) is 0 Å². The van der Waals surface area contributed by atoms with Gasteiger partial charge in [0.2, 0.25) is 0 Å². The molecule has 5 heteroatoms. The van der Waals surface area contributed by atoms with Gasteiger partial charge in [0.1, 0.15) is 5.82 Å². The molecule has 0 spiro atoms. The van der Waals surface area contributed by atoms with E-state index in [9.17, 15) is 4.39 Å². The SMILES string of the molecule is NNC(c1c(F)cccc1Cl)c1cccc2ncccc12. The monoisotopic (exact) mass is 301 g/mol. The number of aromatic nitrogens is 1. The van der Waals surface area contributed by atoms with Crippen molar-refractivity contribution < 1.29 is 4.39 Å². The van der Waals surface area contributed by atoms with Crippen LogP contribution in [0.1, 0.15) is 17.2 Å². The predicted molar refractivity (Wildman–Crippen MR) is 82.3 cm³/mol. The van der Waals surface area contributed by atoms with E-state index in [-0.39, 0.29) is 0 Å². The zero-order chi connectivity index (χ0) is 14.8. The first-order chi connectivity index (χ1) is 10.2. The molecule has 0 fully saturated rings. The molecule has 1 heterocycles. The molecule has 0 amide bonds. The lowest BCUT2D eigenvalue weighted by atomic mass is 9.95. The fourth-order valence-corrected chi connectivity index (χ4v) is 2.77. The van der Waals surface area contributed by atoms with Crippen LogP contribution in [0.3, 0.4) is 0 Å². The number of fused-ring (bicyclic) bond motifs is 1. The summed E-state index contributed by atoms with van der Waals surface area (Å²) < 4.78 is 14.2. The van der Waals surface area contributed by atoms with Crippen molar-refractivity contribution in [2.24, 2.45) is 5.84 Å². The number of hydrogen-bond donors (Lipinski definition) is 2. The summed E-state index contributed by atoms with van der Waals surface area (Å²) in [5.41, 5.74) is 4.64. The van der Waals surface area contributed by atoms with Crippen molar-refractivity contribution in [3.8, 4) is 0 Å². The lowest BCUT2D eigenvalue weighted by molar-refractivity contribution is 0.562. The standard InChI is InChI=1S/C16H13ClFN3/c17-12-6-2-7-13(18)15(12)16(21-19)11-4-1-8-14-10(11)5-3-9-20-14/h1-9,16,21H,19H2. The summed E-state index contributed by atoms with van der Waals surface area (Å²) in [5.74, 6) is 5.27. The maximum atomic E-state index is 14.2. The number of halogens is 2. The molecule has 21 heavy (non-hydrogen) atoms. The van der Waals surface area contributed by atoms with Crippen molar-refractivity contribution in [3.05, 3.63) is 76.7 Å². The number of pyridine rings is 1. The average molecular weight is 302 g/mol. The minimum Gasteiger partial charge on any atom is -0.271 e. The summed E-state index contributed by atoms with van der Waals surface area (Å²) in [7, 11) is 0. The van der Waals surface area contributed by atoms with Crippen LogP contribution in [0.25, 0.3) is 10.9 Å². The van der Waals surface area contributed by atoms with Gasteiger partial charge >= 0.3 is 0 Å². The van der Waals surface area contributed by atoms with E-state index in [0.717, 1.165) is 16.5 Å². The molecule has 3 rings (SSSR count). The molecular weight excluding hydrogens is 289 g/mol. The molecular formula is C16H13ClFN3. The summed E-state index contributed by atoms with van der Waals surface area (Å²) in [6, 6.07) is 13.4. The van der Waals surface area contributed by atoms with Crippen LogP contribution in [-0.4, -0.2) is 4.98 Å². The zero-order valence-corrected chi connectivity index (χ0v) is 11.8. The Morgan fingerprint density at radius 1 is 1.10 bits per heavy atom. The zero-order valence-electron chi connectivity index (χ0n) is 11.1. The molecule has 3 aromatic rings. The van der Waals surface area contributed by atoms with Crippen LogP contribution < -0.4 is 11.3 Å². The van der Waals surface area contributed by atoms with Crippen LogP contribution in [0.15, 0.2) is 54.7 Å². The molecule has 1 atom stereocenters. The highest BCUT2D eigenvalue weighted by Crippen LogP contribution is 2.33. The van der Waals surface area contributed by atoms with Gasteiger partial charge in [0.25, 0.3) is 0 Å². The molecule has 3 N–H and O–H groups in total. The van der Waals surface area contributed by atoms with Gasteiger partial charge in [0, 0.05) is 22.2 Å². The van der Waals surface area contributed by atoms with Crippen LogP contribution in [0.4, 0.5) is 4.39 Å². The molecule has 0 saturated carbocycles. The lowest BCUT2D eigenvalue weighted by Gasteiger charge is -2.20. The number of nitrogens with zero attached hydrogens (tertiary/aromatic N) is 1. The Labute approximate surface area is 126 Å². The first-order valence-electron chi connectivity index (χ1n) is 6.46. The molecule has 1 aromatic heterocycles. The Morgan fingerprint density at radius 2 is 1.90 bits per heavy atom. The number of hydrazine groups is 1. The van der Waals surface area contributed by atoms with Gasteiger partial charge < -0.3 is 0 Å². The molecule has 0 bridgehead atoms. The van der Waals surface area contributed by atoms with E-state index in [0.29, 0.717) is 10.6 Å². The van der Waals surface area contributed by atoms with E-state index in [1.165, 1.54) is 6.07 Å². The Hall–Kier alpha value is -2.01. The topological polar surface area (TPSA) is 50.9 Å². The van der Waals surface area contributed by atoms with E-state index < -0.39 is 11.9 Å². The number of nitrogens with one attached hydrogen (secondary N) is 1. The summed E-state index contributed by atoms with van der Waals surface area (Å²) in [5, 5.41) is 1.24. The fraction of sp³-hybridized carbons (Fsp3) is 0.0625. The number of nitrogens with two attached hydrogens (primary N) is 1. The van der Waals surface area contributed by atoms with Gasteiger partial charge in [-0.15, -0.1) is 0 Å². The van der Waals surface area contributed by atoms with Gasteiger partial charge in [-0.05, 0) is 29.8 Å². The molecule has 2 aromatic carbocycles. The Kier molecular flexibility index (Phi) is 3.84. The van der Waals surface area contributed by atoms with E-state index >= 15 is 0 Å². The van der Waals surface area contributed by atoms with Crippen molar-refractivity contribution in [1.29, 1.82) is 0 Å². The van der Waals surface area contributed by atoms with Crippen molar-refractivity contribution >= 4 is 22.5 Å². The smallest absolute Gasteiger partial charge is 0.129 e. The Morgan fingerprint density at radius 3 is 2.67 bits per heavy atom. The second kappa shape index (κ2) is 5.77. The van der Waals surface area contributed by atoms with Gasteiger partial charge in [-0.1, -0.05) is 35.9 Å². The molecule has 0 aliphatic rings. The van der Waals surface area contributed by atoms with Crippen LogP contribution in [0, 0.1) is 5.82 Å². The predicted octanol–water partition coefficient (Wildman–Crippen LogP) is 3.58. The highest BCUT2D eigenvalue weighted by Gasteiger charge is 2.21. The second-order valence-electron chi connectivity index (χ2n) is 4.65. The van der Waals surface area contributed by atoms with Crippen molar-refractivity contribution in [3.63, 3.8) is 0 Å². The minimum atomic E-state index is -0.549. The van der Waals surface area contributed by atoms with Crippen molar-refractivity contribution in [1.82, 2.24) is 10.4 Å². The normalized spacial score (nSPS) is 12.5. The third-order valence-corrected chi connectivity index (χ3v) is 3.78. The Bertz CT molecular complexity index is 766. The van der Waals surface area contributed by atoms with Crippen LogP contribution in [-0.2, 0) is 0 Å². The lowest BCUT2D eigenvalue weighted by Crippen LogP contribution is -2.30. The van der Waals surface area contributed by atoms with Gasteiger partial charge in [-0.3, -0.25) is 10.8 Å². The van der Waals surface area contributed by atoms with Crippen LogP contribution >= 0.6 is 11.6 Å². The van der Waals surface area contributed by atoms with Crippen LogP contribution in [0.5, 0.6) is 0 Å².